The summed E-state index contributed by atoms with van der Waals surface area (Å²) in [5, 5.41) is 0. The average Bonchev–Trinajstić information content (AvgIpc) is 1.85. The maximum absolute atomic E-state index is 6.32. The van der Waals surface area contributed by atoms with Crippen molar-refractivity contribution >= 4 is 11.6 Å². The Kier molecular flexibility index (Phi) is 3.84. The van der Waals surface area contributed by atoms with Gasteiger partial charge in [-0.1, -0.05) is 32.9 Å². The molecule has 0 aromatic carbocycles. The topological polar surface area (TPSA) is 0 Å². The second-order valence-corrected chi connectivity index (χ2v) is 5.45. The molecular weight excluding hydrogens is 168 g/mol. The minimum atomic E-state index is -0.161. The van der Waals surface area contributed by atoms with E-state index in [0.717, 1.165) is 0 Å². The lowest BCUT2D eigenvalue weighted by atomic mass is 9.71. The fraction of sp³-hybridized carbons (Fsp3) is 0.818. The van der Waals surface area contributed by atoms with Gasteiger partial charge in [-0.2, -0.15) is 0 Å². The molecule has 0 aliphatic heterocycles. The molecule has 0 radical (unpaired) electrons. The van der Waals surface area contributed by atoms with Crippen LogP contribution in [-0.4, -0.2) is 4.87 Å². The van der Waals surface area contributed by atoms with Gasteiger partial charge in [-0.05, 0) is 32.1 Å². The van der Waals surface area contributed by atoms with Crippen LogP contribution in [0.5, 0.6) is 0 Å². The third-order valence-electron chi connectivity index (χ3n) is 3.15. The van der Waals surface area contributed by atoms with E-state index < -0.39 is 0 Å². The Morgan fingerprint density at radius 2 is 1.58 bits per heavy atom. The van der Waals surface area contributed by atoms with Gasteiger partial charge in [0.15, 0.2) is 0 Å². The molecule has 0 N–H and O–H groups in total. The molecular formula is C11H21Cl. The third kappa shape index (κ3) is 2.52. The minimum absolute atomic E-state index is 0.126. The number of rotatable bonds is 3. The number of halogens is 1. The van der Waals surface area contributed by atoms with Crippen molar-refractivity contribution in [2.45, 2.75) is 46.4 Å². The zero-order valence-corrected chi connectivity index (χ0v) is 9.87. The first-order valence-corrected chi connectivity index (χ1v) is 4.93. The SMILES string of the molecule is CC=CC(C)C(C)(C)C(C)(C)Cl. The number of hydrogen-bond acceptors (Lipinski definition) is 0. The van der Waals surface area contributed by atoms with E-state index in [9.17, 15) is 0 Å². The summed E-state index contributed by atoms with van der Waals surface area (Å²) in [6.45, 7) is 12.8. The van der Waals surface area contributed by atoms with Crippen LogP contribution in [0.2, 0.25) is 0 Å². The summed E-state index contributed by atoms with van der Waals surface area (Å²) in [6, 6.07) is 0. The van der Waals surface area contributed by atoms with Gasteiger partial charge in [0.05, 0.1) is 0 Å². The molecule has 0 bridgehead atoms. The molecule has 0 spiro atoms. The summed E-state index contributed by atoms with van der Waals surface area (Å²) in [6.07, 6.45) is 4.30. The van der Waals surface area contributed by atoms with Gasteiger partial charge < -0.3 is 0 Å². The summed E-state index contributed by atoms with van der Waals surface area (Å²) in [4.78, 5) is -0.161. The first kappa shape index (κ1) is 12.0. The first-order valence-electron chi connectivity index (χ1n) is 4.55. The van der Waals surface area contributed by atoms with Crippen LogP contribution in [0.3, 0.4) is 0 Å². The summed E-state index contributed by atoms with van der Waals surface area (Å²) >= 11 is 6.32. The Morgan fingerprint density at radius 1 is 1.17 bits per heavy atom. The molecule has 12 heavy (non-hydrogen) atoms. The molecule has 0 heterocycles. The predicted octanol–water partition coefficient (Wildman–Crippen LogP) is 4.24. The van der Waals surface area contributed by atoms with E-state index in [-0.39, 0.29) is 10.3 Å². The van der Waals surface area contributed by atoms with Crippen molar-refractivity contribution < 1.29 is 0 Å². The van der Waals surface area contributed by atoms with Gasteiger partial charge >= 0.3 is 0 Å². The van der Waals surface area contributed by atoms with Gasteiger partial charge in [0.1, 0.15) is 0 Å². The van der Waals surface area contributed by atoms with E-state index in [0.29, 0.717) is 5.92 Å². The highest BCUT2D eigenvalue weighted by Gasteiger charge is 2.38. The van der Waals surface area contributed by atoms with Crippen LogP contribution in [0.4, 0.5) is 0 Å². The van der Waals surface area contributed by atoms with Crippen molar-refractivity contribution in [3.05, 3.63) is 12.2 Å². The largest absolute Gasteiger partial charge is 0.119 e. The second kappa shape index (κ2) is 3.83. The van der Waals surface area contributed by atoms with Gasteiger partial charge in [-0.25, -0.2) is 0 Å². The Labute approximate surface area is 82.0 Å². The Morgan fingerprint density at radius 3 is 1.83 bits per heavy atom. The molecule has 1 atom stereocenters. The molecule has 1 unspecified atom stereocenters. The monoisotopic (exact) mass is 188 g/mol. The highest BCUT2D eigenvalue weighted by Crippen LogP contribution is 2.42. The molecule has 0 saturated heterocycles. The second-order valence-electron chi connectivity index (χ2n) is 4.51. The van der Waals surface area contributed by atoms with Crippen LogP contribution in [0, 0.1) is 11.3 Å². The molecule has 0 aromatic rings. The van der Waals surface area contributed by atoms with E-state index in [1.807, 2.05) is 6.92 Å². The number of alkyl halides is 1. The normalized spacial score (nSPS) is 16.9. The summed E-state index contributed by atoms with van der Waals surface area (Å²) < 4.78 is 0. The number of allylic oxidation sites excluding steroid dienone is 2. The zero-order chi connectivity index (χ0) is 9.99. The first-order chi connectivity index (χ1) is 5.23. The van der Waals surface area contributed by atoms with Gasteiger partial charge in [-0.15, -0.1) is 11.6 Å². The number of hydrogen-bond donors (Lipinski definition) is 0. The van der Waals surface area contributed by atoms with Crippen LogP contribution in [0.15, 0.2) is 12.2 Å². The highest BCUT2D eigenvalue weighted by molar-refractivity contribution is 6.23. The smallest absolute Gasteiger partial charge is 0.0447 e. The molecule has 72 valence electrons. The molecule has 1 heteroatoms. The molecule has 0 aliphatic rings. The van der Waals surface area contributed by atoms with Crippen molar-refractivity contribution in [1.29, 1.82) is 0 Å². The molecule has 0 aliphatic carbocycles. The van der Waals surface area contributed by atoms with E-state index >= 15 is 0 Å². The predicted molar refractivity (Wildman–Crippen MR) is 57.7 cm³/mol. The lowest BCUT2D eigenvalue weighted by molar-refractivity contribution is 0.207. The highest BCUT2D eigenvalue weighted by atomic mass is 35.5. The third-order valence-corrected chi connectivity index (χ3v) is 3.64. The Hall–Kier alpha value is 0.0300. The average molecular weight is 189 g/mol. The van der Waals surface area contributed by atoms with Crippen molar-refractivity contribution in [1.82, 2.24) is 0 Å². The lowest BCUT2D eigenvalue weighted by Gasteiger charge is -2.40. The fourth-order valence-corrected chi connectivity index (χ4v) is 1.24. The van der Waals surface area contributed by atoms with Crippen LogP contribution >= 0.6 is 11.6 Å². The molecule has 0 nitrogen and oxygen atoms in total. The van der Waals surface area contributed by atoms with Gasteiger partial charge in [-0.3, -0.25) is 0 Å². The van der Waals surface area contributed by atoms with Crippen LogP contribution < -0.4 is 0 Å². The van der Waals surface area contributed by atoms with E-state index in [1.165, 1.54) is 0 Å². The van der Waals surface area contributed by atoms with E-state index in [1.54, 1.807) is 0 Å². The summed E-state index contributed by atoms with van der Waals surface area (Å²) in [5.41, 5.74) is 0.126. The van der Waals surface area contributed by atoms with Gasteiger partial charge in [0, 0.05) is 4.87 Å². The Balaban J connectivity index is 4.61. The molecule has 0 amide bonds. The van der Waals surface area contributed by atoms with Crippen molar-refractivity contribution in [2.75, 3.05) is 0 Å². The maximum Gasteiger partial charge on any atom is 0.0447 e. The van der Waals surface area contributed by atoms with Crippen LogP contribution in [-0.2, 0) is 0 Å². The van der Waals surface area contributed by atoms with E-state index in [2.05, 4.69) is 46.8 Å². The van der Waals surface area contributed by atoms with Gasteiger partial charge in [0.2, 0.25) is 0 Å². The van der Waals surface area contributed by atoms with Crippen molar-refractivity contribution in [3.63, 3.8) is 0 Å². The van der Waals surface area contributed by atoms with Crippen molar-refractivity contribution in [2.24, 2.45) is 11.3 Å². The minimum Gasteiger partial charge on any atom is -0.119 e. The molecule has 0 fully saturated rings. The standard InChI is InChI=1S/C11H21Cl/c1-7-8-9(2)10(3,4)11(5,6)12/h7-9H,1-6H3. The van der Waals surface area contributed by atoms with Gasteiger partial charge in [0.25, 0.3) is 0 Å². The molecule has 0 saturated carbocycles. The fourth-order valence-electron chi connectivity index (χ4n) is 1.07. The van der Waals surface area contributed by atoms with Crippen LogP contribution in [0.25, 0.3) is 0 Å². The van der Waals surface area contributed by atoms with Crippen molar-refractivity contribution in [3.8, 4) is 0 Å². The van der Waals surface area contributed by atoms with Crippen LogP contribution in [0.1, 0.15) is 41.5 Å². The summed E-state index contributed by atoms with van der Waals surface area (Å²) in [5.74, 6) is 0.509. The maximum atomic E-state index is 6.32. The summed E-state index contributed by atoms with van der Waals surface area (Å²) in [7, 11) is 0. The van der Waals surface area contributed by atoms with E-state index in [4.69, 9.17) is 11.6 Å². The molecule has 0 aromatic heterocycles. The zero-order valence-electron chi connectivity index (χ0n) is 9.11. The lowest BCUT2D eigenvalue weighted by Crippen LogP contribution is -2.38. The quantitative estimate of drug-likeness (QED) is 0.459. The Bertz CT molecular complexity index is 160. The molecule has 0 rings (SSSR count).